The Morgan fingerprint density at radius 3 is 2.44 bits per heavy atom. The zero-order valence-electron chi connectivity index (χ0n) is 14.1. The number of carbonyl (C=O) groups excluding carboxylic acids is 1. The van der Waals surface area contributed by atoms with Crippen molar-refractivity contribution in [1.82, 2.24) is 9.55 Å². The van der Waals surface area contributed by atoms with Gasteiger partial charge in [0, 0.05) is 11.6 Å². The van der Waals surface area contributed by atoms with Gasteiger partial charge in [0.05, 0.1) is 16.6 Å². The molecule has 0 saturated carbocycles. The van der Waals surface area contributed by atoms with Gasteiger partial charge in [0.1, 0.15) is 0 Å². The SMILES string of the molecule is CC(C)[C@H](C)C(=O)Nc1nc2ccc(C(F)(F)F)cc2n1C1=CC=C1. The van der Waals surface area contributed by atoms with Crippen molar-refractivity contribution in [3.8, 4) is 0 Å². The highest BCUT2D eigenvalue weighted by Gasteiger charge is 2.31. The van der Waals surface area contributed by atoms with Gasteiger partial charge in [0.2, 0.25) is 11.9 Å². The standard InChI is InChI=1S/C18H18F3N3O/c1-10(2)11(3)16(25)23-17-22-14-8-7-12(18(19,20)21)9-15(14)24(17)13-5-4-6-13/h4-11H,1-3H3,(H,22,23,25)/t11-/m0/s1. The van der Waals surface area contributed by atoms with Gasteiger partial charge >= 0.3 is 6.18 Å². The van der Waals surface area contributed by atoms with Crippen molar-refractivity contribution in [3.05, 3.63) is 42.0 Å². The molecule has 1 aromatic carbocycles. The van der Waals surface area contributed by atoms with Gasteiger partial charge in [0.25, 0.3) is 0 Å². The topological polar surface area (TPSA) is 46.9 Å². The molecule has 1 aromatic heterocycles. The van der Waals surface area contributed by atoms with Gasteiger partial charge in [0.15, 0.2) is 0 Å². The number of nitrogens with one attached hydrogen (secondary N) is 1. The van der Waals surface area contributed by atoms with Crippen molar-refractivity contribution < 1.29 is 18.0 Å². The Labute approximate surface area is 143 Å². The van der Waals surface area contributed by atoms with Gasteiger partial charge in [-0.05, 0) is 36.3 Å². The van der Waals surface area contributed by atoms with Crippen LogP contribution in [0.4, 0.5) is 19.1 Å². The zero-order valence-corrected chi connectivity index (χ0v) is 14.1. The van der Waals surface area contributed by atoms with Crippen molar-refractivity contribution in [1.29, 1.82) is 0 Å². The molecule has 0 aliphatic heterocycles. The Balaban J connectivity index is 2.08. The van der Waals surface area contributed by atoms with Gasteiger partial charge in [-0.2, -0.15) is 13.2 Å². The first kappa shape index (κ1) is 17.3. The number of nitrogens with zero attached hydrogens (tertiary/aromatic N) is 2. The van der Waals surface area contributed by atoms with Crippen molar-refractivity contribution in [2.45, 2.75) is 26.9 Å². The fourth-order valence-corrected chi connectivity index (χ4v) is 2.45. The number of imidazole rings is 1. The first-order valence-corrected chi connectivity index (χ1v) is 7.98. The molecule has 0 bridgehead atoms. The van der Waals surface area contributed by atoms with Crippen LogP contribution in [0.3, 0.4) is 0 Å². The van der Waals surface area contributed by atoms with Gasteiger partial charge < -0.3 is 0 Å². The summed E-state index contributed by atoms with van der Waals surface area (Å²) in [4.78, 5) is 16.7. The second-order valence-corrected chi connectivity index (χ2v) is 6.44. The first-order chi connectivity index (χ1) is 11.7. The average molecular weight is 349 g/mol. The summed E-state index contributed by atoms with van der Waals surface area (Å²) in [5, 5.41) is 2.75. The molecular formula is C18H18F3N3O. The van der Waals surface area contributed by atoms with E-state index in [4.69, 9.17) is 0 Å². The van der Waals surface area contributed by atoms with Crippen LogP contribution in [-0.2, 0) is 11.0 Å². The zero-order chi connectivity index (χ0) is 18.4. The smallest absolute Gasteiger partial charge is 0.295 e. The van der Waals surface area contributed by atoms with E-state index < -0.39 is 11.7 Å². The van der Waals surface area contributed by atoms with E-state index in [1.54, 1.807) is 25.2 Å². The number of rotatable bonds is 4. The average Bonchev–Trinajstić information content (AvgIpc) is 2.81. The summed E-state index contributed by atoms with van der Waals surface area (Å²) in [6, 6.07) is 3.36. The van der Waals surface area contributed by atoms with Crippen molar-refractivity contribution in [2.24, 2.45) is 11.8 Å². The molecule has 0 saturated heterocycles. The molecule has 7 heteroatoms. The highest BCUT2D eigenvalue weighted by Crippen LogP contribution is 2.34. The maximum Gasteiger partial charge on any atom is 0.416 e. The second kappa shape index (κ2) is 6.06. The normalized spacial score (nSPS) is 15.2. The molecular weight excluding hydrogens is 331 g/mol. The lowest BCUT2D eigenvalue weighted by atomic mass is 9.97. The lowest BCUT2D eigenvalue weighted by Gasteiger charge is -2.18. The number of amides is 1. The Bertz CT molecular complexity index is 891. The van der Waals surface area contributed by atoms with E-state index in [1.807, 2.05) is 13.8 Å². The summed E-state index contributed by atoms with van der Waals surface area (Å²) in [6.07, 6.45) is 0.839. The molecule has 0 spiro atoms. The molecule has 1 aliphatic rings. The molecule has 1 heterocycles. The fraction of sp³-hybridized carbons (Fsp3) is 0.333. The van der Waals surface area contributed by atoms with Crippen LogP contribution >= 0.6 is 0 Å². The summed E-state index contributed by atoms with van der Waals surface area (Å²) in [5.41, 5.74) is 0.618. The first-order valence-electron chi connectivity index (χ1n) is 7.98. The van der Waals surface area contributed by atoms with Crippen LogP contribution < -0.4 is 5.32 Å². The molecule has 3 rings (SSSR count). The Hall–Kier alpha value is -2.57. The number of hydrogen-bond donors (Lipinski definition) is 1. The molecule has 1 aliphatic carbocycles. The van der Waals surface area contributed by atoms with E-state index >= 15 is 0 Å². The van der Waals surface area contributed by atoms with Gasteiger partial charge in [-0.25, -0.2) is 4.98 Å². The third kappa shape index (κ3) is 3.18. The quantitative estimate of drug-likeness (QED) is 0.870. The molecule has 0 unspecified atom stereocenters. The predicted octanol–water partition coefficient (Wildman–Crippen LogP) is 4.70. The summed E-state index contributed by atoms with van der Waals surface area (Å²) in [5.74, 6) is -0.101. The summed E-state index contributed by atoms with van der Waals surface area (Å²) < 4.78 is 40.6. The minimum absolute atomic E-state index is 0.137. The highest BCUT2D eigenvalue weighted by molar-refractivity contribution is 5.95. The Morgan fingerprint density at radius 1 is 1.24 bits per heavy atom. The number of alkyl halides is 3. The molecule has 1 atom stereocenters. The van der Waals surface area contributed by atoms with Crippen molar-refractivity contribution in [3.63, 3.8) is 0 Å². The van der Waals surface area contributed by atoms with Crippen LogP contribution in [0.2, 0.25) is 0 Å². The third-order valence-electron chi connectivity index (χ3n) is 4.42. The predicted molar refractivity (Wildman–Crippen MR) is 90.8 cm³/mol. The molecule has 0 fully saturated rings. The molecule has 132 valence electrons. The number of hydrogen-bond acceptors (Lipinski definition) is 2. The summed E-state index contributed by atoms with van der Waals surface area (Å²) >= 11 is 0. The van der Waals surface area contributed by atoms with Crippen LogP contribution in [0.5, 0.6) is 0 Å². The van der Waals surface area contributed by atoms with E-state index in [9.17, 15) is 18.0 Å². The van der Waals surface area contributed by atoms with E-state index in [1.165, 1.54) is 10.6 Å². The van der Waals surface area contributed by atoms with E-state index in [0.29, 0.717) is 16.7 Å². The molecule has 25 heavy (non-hydrogen) atoms. The number of allylic oxidation sites excluding steroid dienone is 4. The summed E-state index contributed by atoms with van der Waals surface area (Å²) in [6.45, 7) is 5.66. The molecule has 2 aromatic rings. The van der Waals surface area contributed by atoms with Crippen LogP contribution in [0, 0.1) is 11.8 Å². The minimum Gasteiger partial charge on any atom is -0.295 e. The second-order valence-electron chi connectivity index (χ2n) is 6.44. The van der Waals surface area contributed by atoms with E-state index in [-0.39, 0.29) is 23.7 Å². The molecule has 0 radical (unpaired) electrons. The van der Waals surface area contributed by atoms with Crippen molar-refractivity contribution in [2.75, 3.05) is 5.32 Å². The number of anilines is 1. The maximum atomic E-state index is 13.0. The lowest BCUT2D eigenvalue weighted by molar-refractivity contribution is -0.137. The van der Waals surface area contributed by atoms with E-state index in [0.717, 1.165) is 12.1 Å². The van der Waals surface area contributed by atoms with Gasteiger partial charge in [-0.15, -0.1) is 0 Å². The number of carbonyl (C=O) groups is 1. The number of fused-ring (bicyclic) bond motifs is 1. The highest BCUT2D eigenvalue weighted by atomic mass is 19.4. The van der Waals surface area contributed by atoms with Crippen LogP contribution in [0.1, 0.15) is 26.3 Å². The molecule has 4 nitrogen and oxygen atoms in total. The Morgan fingerprint density at radius 2 is 1.92 bits per heavy atom. The van der Waals surface area contributed by atoms with Crippen LogP contribution in [-0.4, -0.2) is 15.5 Å². The molecule has 1 amide bonds. The number of halogens is 3. The number of benzene rings is 1. The maximum absolute atomic E-state index is 13.0. The monoisotopic (exact) mass is 349 g/mol. The summed E-state index contributed by atoms with van der Waals surface area (Å²) in [7, 11) is 0. The Kier molecular flexibility index (Phi) is 4.18. The lowest BCUT2D eigenvalue weighted by Crippen LogP contribution is -2.26. The largest absolute Gasteiger partial charge is 0.416 e. The van der Waals surface area contributed by atoms with Gasteiger partial charge in [-0.1, -0.05) is 26.8 Å². The van der Waals surface area contributed by atoms with Crippen LogP contribution in [0.15, 0.2) is 36.4 Å². The number of aromatic nitrogens is 2. The molecule has 1 N–H and O–H groups in total. The van der Waals surface area contributed by atoms with Gasteiger partial charge in [-0.3, -0.25) is 14.7 Å². The third-order valence-corrected chi connectivity index (χ3v) is 4.42. The minimum atomic E-state index is -4.44. The fourth-order valence-electron chi connectivity index (χ4n) is 2.45. The van der Waals surface area contributed by atoms with Crippen LogP contribution in [0.25, 0.3) is 16.7 Å². The van der Waals surface area contributed by atoms with E-state index in [2.05, 4.69) is 10.3 Å². The van der Waals surface area contributed by atoms with Crippen molar-refractivity contribution >= 4 is 28.6 Å².